The molecule has 0 spiro atoms. The third kappa shape index (κ3) is 2.72. The molecule has 0 saturated heterocycles. The Morgan fingerprint density at radius 3 is 2.39 bits per heavy atom. The molecule has 0 atom stereocenters. The summed E-state index contributed by atoms with van der Waals surface area (Å²) in [6.45, 7) is 5.44. The molecule has 1 aromatic rings. The molecule has 0 aliphatic rings. The number of amides is 1. The highest BCUT2D eigenvalue weighted by molar-refractivity contribution is 5.95. The van der Waals surface area contributed by atoms with Crippen LogP contribution in [0.3, 0.4) is 0 Å². The highest BCUT2D eigenvalue weighted by atomic mass is 16.4. The number of carboxylic acids is 1. The average Bonchev–Trinajstić information content (AvgIpc) is 2.77. The summed E-state index contributed by atoms with van der Waals surface area (Å²) in [5, 5.41) is 11.9. The van der Waals surface area contributed by atoms with Gasteiger partial charge in [0.1, 0.15) is 5.76 Å². The van der Waals surface area contributed by atoms with E-state index >= 15 is 0 Å². The van der Waals surface area contributed by atoms with Gasteiger partial charge in [-0.25, -0.2) is 0 Å². The Morgan fingerprint density at radius 2 is 2.00 bits per heavy atom. The SMILES string of the molecule is CCC(CC)(CNC(=O)c1ccoc1C)C(=O)O. The number of carbonyl (C=O) groups is 2. The van der Waals surface area contributed by atoms with Crippen LogP contribution in [-0.4, -0.2) is 23.5 Å². The Hall–Kier alpha value is -1.78. The van der Waals surface area contributed by atoms with Gasteiger partial charge in [0.25, 0.3) is 5.91 Å². The minimum atomic E-state index is -0.896. The van der Waals surface area contributed by atoms with Crippen molar-refractivity contribution in [2.75, 3.05) is 6.54 Å². The number of carboxylic acid groups (broad SMARTS) is 1. The van der Waals surface area contributed by atoms with E-state index in [9.17, 15) is 14.7 Å². The minimum Gasteiger partial charge on any atom is -0.481 e. The normalized spacial score (nSPS) is 11.3. The second kappa shape index (κ2) is 5.71. The van der Waals surface area contributed by atoms with Crippen LogP contribution in [0.15, 0.2) is 16.7 Å². The van der Waals surface area contributed by atoms with Crippen LogP contribution in [0.25, 0.3) is 0 Å². The topological polar surface area (TPSA) is 79.5 Å². The Bertz CT molecular complexity index is 432. The molecule has 1 heterocycles. The molecule has 0 unspecified atom stereocenters. The number of hydrogen-bond donors (Lipinski definition) is 2. The molecule has 0 bridgehead atoms. The molecule has 0 radical (unpaired) electrons. The molecule has 100 valence electrons. The lowest BCUT2D eigenvalue weighted by molar-refractivity contribution is -0.149. The van der Waals surface area contributed by atoms with Crippen LogP contribution >= 0.6 is 0 Å². The van der Waals surface area contributed by atoms with Gasteiger partial charge in [-0.3, -0.25) is 9.59 Å². The van der Waals surface area contributed by atoms with E-state index in [0.29, 0.717) is 24.2 Å². The minimum absolute atomic E-state index is 0.124. The first kappa shape index (κ1) is 14.3. The van der Waals surface area contributed by atoms with Gasteiger partial charge in [0, 0.05) is 6.54 Å². The van der Waals surface area contributed by atoms with Crippen LogP contribution < -0.4 is 5.32 Å². The molecule has 0 aliphatic carbocycles. The van der Waals surface area contributed by atoms with Gasteiger partial charge < -0.3 is 14.8 Å². The van der Waals surface area contributed by atoms with Gasteiger partial charge in [-0.05, 0) is 25.8 Å². The van der Waals surface area contributed by atoms with Gasteiger partial charge in [0.15, 0.2) is 0 Å². The van der Waals surface area contributed by atoms with Crippen LogP contribution in [0, 0.1) is 12.3 Å². The van der Waals surface area contributed by atoms with Crippen molar-refractivity contribution in [1.82, 2.24) is 5.32 Å². The van der Waals surface area contributed by atoms with Crippen molar-refractivity contribution >= 4 is 11.9 Å². The molecular weight excluding hydrogens is 234 g/mol. The number of rotatable bonds is 6. The molecule has 1 amide bonds. The summed E-state index contributed by atoms with van der Waals surface area (Å²) in [7, 11) is 0. The molecular formula is C13H19NO4. The predicted octanol–water partition coefficient (Wildman–Crippen LogP) is 2.21. The van der Waals surface area contributed by atoms with Crippen molar-refractivity contribution in [2.24, 2.45) is 5.41 Å². The molecule has 1 aromatic heterocycles. The van der Waals surface area contributed by atoms with Crippen molar-refractivity contribution in [2.45, 2.75) is 33.6 Å². The Kier molecular flexibility index (Phi) is 4.53. The summed E-state index contributed by atoms with van der Waals surface area (Å²) < 4.78 is 5.04. The predicted molar refractivity (Wildman–Crippen MR) is 66.4 cm³/mol. The first-order valence-corrected chi connectivity index (χ1v) is 6.02. The van der Waals surface area contributed by atoms with E-state index in [1.54, 1.807) is 13.0 Å². The molecule has 5 nitrogen and oxygen atoms in total. The second-order valence-electron chi connectivity index (χ2n) is 4.37. The summed E-state index contributed by atoms with van der Waals surface area (Å²) in [6.07, 6.45) is 2.39. The fourth-order valence-electron chi connectivity index (χ4n) is 1.84. The summed E-state index contributed by atoms with van der Waals surface area (Å²) >= 11 is 0. The maximum atomic E-state index is 11.9. The van der Waals surface area contributed by atoms with Gasteiger partial charge in [0.05, 0.1) is 17.2 Å². The van der Waals surface area contributed by atoms with Crippen LogP contribution in [0.5, 0.6) is 0 Å². The Labute approximate surface area is 106 Å². The maximum absolute atomic E-state index is 11.9. The fourth-order valence-corrected chi connectivity index (χ4v) is 1.84. The molecule has 5 heteroatoms. The van der Waals surface area contributed by atoms with Crippen LogP contribution in [0.1, 0.15) is 42.8 Å². The number of aliphatic carboxylic acids is 1. The van der Waals surface area contributed by atoms with Crippen molar-refractivity contribution in [3.8, 4) is 0 Å². The average molecular weight is 253 g/mol. The van der Waals surface area contributed by atoms with Crippen LogP contribution in [-0.2, 0) is 4.79 Å². The lowest BCUT2D eigenvalue weighted by Crippen LogP contribution is -2.42. The van der Waals surface area contributed by atoms with Crippen LogP contribution in [0.4, 0.5) is 0 Å². The Balaban J connectivity index is 2.72. The van der Waals surface area contributed by atoms with Gasteiger partial charge in [-0.2, -0.15) is 0 Å². The third-order valence-electron chi connectivity index (χ3n) is 3.50. The smallest absolute Gasteiger partial charge is 0.311 e. The number of hydrogen-bond acceptors (Lipinski definition) is 3. The fraction of sp³-hybridized carbons (Fsp3) is 0.538. The van der Waals surface area contributed by atoms with Crippen molar-refractivity contribution in [1.29, 1.82) is 0 Å². The first-order chi connectivity index (χ1) is 8.46. The van der Waals surface area contributed by atoms with E-state index < -0.39 is 11.4 Å². The second-order valence-corrected chi connectivity index (χ2v) is 4.37. The van der Waals surface area contributed by atoms with Gasteiger partial charge in [-0.1, -0.05) is 13.8 Å². The highest BCUT2D eigenvalue weighted by Crippen LogP contribution is 2.25. The summed E-state index contributed by atoms with van der Waals surface area (Å²) in [4.78, 5) is 23.1. The zero-order valence-electron chi connectivity index (χ0n) is 10.9. The molecule has 0 fully saturated rings. The van der Waals surface area contributed by atoms with E-state index in [1.165, 1.54) is 6.26 Å². The number of aryl methyl sites for hydroxylation is 1. The first-order valence-electron chi connectivity index (χ1n) is 6.02. The van der Waals surface area contributed by atoms with E-state index in [4.69, 9.17) is 4.42 Å². The monoisotopic (exact) mass is 253 g/mol. The van der Waals surface area contributed by atoms with E-state index in [1.807, 2.05) is 13.8 Å². The van der Waals surface area contributed by atoms with E-state index in [0.717, 1.165) is 0 Å². The number of carbonyl (C=O) groups excluding carboxylic acids is 1. The van der Waals surface area contributed by atoms with E-state index in [2.05, 4.69) is 5.32 Å². The zero-order valence-corrected chi connectivity index (χ0v) is 10.9. The van der Waals surface area contributed by atoms with Crippen molar-refractivity contribution in [3.05, 3.63) is 23.7 Å². The van der Waals surface area contributed by atoms with Crippen LogP contribution in [0.2, 0.25) is 0 Å². The Morgan fingerprint density at radius 1 is 1.39 bits per heavy atom. The van der Waals surface area contributed by atoms with Crippen molar-refractivity contribution in [3.63, 3.8) is 0 Å². The molecule has 0 aliphatic heterocycles. The highest BCUT2D eigenvalue weighted by Gasteiger charge is 2.35. The third-order valence-corrected chi connectivity index (χ3v) is 3.50. The molecule has 0 saturated carbocycles. The standard InChI is InChI=1S/C13H19NO4/c1-4-13(5-2,12(16)17)8-14-11(15)10-6-7-18-9(10)3/h6-7H,4-5,8H2,1-3H3,(H,14,15)(H,16,17). The largest absolute Gasteiger partial charge is 0.481 e. The number of furan rings is 1. The lowest BCUT2D eigenvalue weighted by atomic mass is 9.82. The van der Waals surface area contributed by atoms with Gasteiger partial charge >= 0.3 is 5.97 Å². The lowest BCUT2D eigenvalue weighted by Gasteiger charge is -2.26. The summed E-state index contributed by atoms with van der Waals surface area (Å²) in [6, 6.07) is 1.57. The van der Waals surface area contributed by atoms with Gasteiger partial charge in [-0.15, -0.1) is 0 Å². The summed E-state index contributed by atoms with van der Waals surface area (Å²) in [5.41, 5.74) is -0.450. The van der Waals surface area contributed by atoms with E-state index in [-0.39, 0.29) is 12.5 Å². The van der Waals surface area contributed by atoms with Crippen molar-refractivity contribution < 1.29 is 19.1 Å². The summed E-state index contributed by atoms with van der Waals surface area (Å²) in [5.74, 6) is -0.646. The molecule has 2 N–H and O–H groups in total. The maximum Gasteiger partial charge on any atom is 0.311 e. The quantitative estimate of drug-likeness (QED) is 0.814. The molecule has 1 rings (SSSR count). The zero-order chi connectivity index (χ0) is 13.8. The number of nitrogens with one attached hydrogen (secondary N) is 1. The van der Waals surface area contributed by atoms with Gasteiger partial charge in [0.2, 0.25) is 0 Å². The molecule has 0 aromatic carbocycles. The molecule has 18 heavy (non-hydrogen) atoms.